The Hall–Kier alpha value is -1.35. The molecule has 0 radical (unpaired) electrons. The summed E-state index contributed by atoms with van der Waals surface area (Å²) >= 11 is 0. The third kappa shape index (κ3) is 2.72. The predicted molar refractivity (Wildman–Crippen MR) is 74.6 cm³/mol. The number of hydrogen-bond donors (Lipinski definition) is 1. The first-order chi connectivity index (χ1) is 8.43. The molecule has 1 aromatic carbocycles. The van der Waals surface area contributed by atoms with E-state index < -0.39 is 0 Å². The van der Waals surface area contributed by atoms with Gasteiger partial charge in [0.1, 0.15) is 5.75 Å². The van der Waals surface area contributed by atoms with Crippen molar-refractivity contribution in [1.29, 1.82) is 0 Å². The third-order valence-electron chi connectivity index (χ3n) is 3.13. The molecule has 0 aliphatic rings. The second-order valence-electron chi connectivity index (χ2n) is 5.09. The van der Waals surface area contributed by atoms with Crippen molar-refractivity contribution in [3.8, 4) is 5.75 Å². The summed E-state index contributed by atoms with van der Waals surface area (Å²) in [6, 6.07) is 4.07. The predicted octanol–water partition coefficient (Wildman–Crippen LogP) is 3.08. The molecule has 0 bridgehead atoms. The molecule has 18 heavy (non-hydrogen) atoms. The van der Waals surface area contributed by atoms with Crippen molar-refractivity contribution in [3.63, 3.8) is 0 Å². The van der Waals surface area contributed by atoms with E-state index >= 15 is 0 Å². The minimum absolute atomic E-state index is 0.0115. The van der Waals surface area contributed by atoms with Crippen LogP contribution in [0.3, 0.4) is 0 Å². The molecule has 0 amide bonds. The van der Waals surface area contributed by atoms with Crippen LogP contribution in [0.4, 0.5) is 0 Å². The van der Waals surface area contributed by atoms with Gasteiger partial charge in [-0.3, -0.25) is 4.79 Å². The van der Waals surface area contributed by atoms with Crippen molar-refractivity contribution < 1.29 is 9.53 Å². The van der Waals surface area contributed by atoms with Gasteiger partial charge in [0.25, 0.3) is 0 Å². The van der Waals surface area contributed by atoms with E-state index in [-0.39, 0.29) is 18.2 Å². The summed E-state index contributed by atoms with van der Waals surface area (Å²) in [4.78, 5) is 12.1. The van der Waals surface area contributed by atoms with Gasteiger partial charge in [-0.25, -0.2) is 0 Å². The number of hydrogen-bond acceptors (Lipinski definition) is 3. The normalized spacial score (nSPS) is 11.1. The second-order valence-corrected chi connectivity index (χ2v) is 5.09. The molecule has 0 heterocycles. The lowest BCUT2D eigenvalue weighted by atomic mass is 9.89. The van der Waals surface area contributed by atoms with Crippen molar-refractivity contribution in [2.24, 2.45) is 5.73 Å². The molecule has 0 aliphatic carbocycles. The largest absolute Gasteiger partial charge is 0.496 e. The van der Waals surface area contributed by atoms with Crippen LogP contribution >= 0.6 is 0 Å². The minimum Gasteiger partial charge on any atom is -0.496 e. The molecule has 0 saturated carbocycles. The number of benzene rings is 1. The van der Waals surface area contributed by atoms with E-state index in [1.807, 2.05) is 12.1 Å². The lowest BCUT2D eigenvalue weighted by Crippen LogP contribution is -2.18. The van der Waals surface area contributed by atoms with Crippen LogP contribution in [0.5, 0.6) is 5.75 Å². The standard InChI is InChI=1S/C15H23NO2/c1-9(2)11-6-7-12(10(3)4)15(18-5)14(11)13(17)8-16/h6-7,9-10H,8,16H2,1-5H3. The summed E-state index contributed by atoms with van der Waals surface area (Å²) in [6.45, 7) is 8.32. The Labute approximate surface area is 109 Å². The number of methoxy groups -OCH3 is 1. The molecule has 1 rings (SSSR count). The Bertz CT molecular complexity index is 436. The number of carbonyl (C=O) groups is 1. The highest BCUT2D eigenvalue weighted by molar-refractivity contribution is 6.02. The molecule has 100 valence electrons. The summed E-state index contributed by atoms with van der Waals surface area (Å²) in [6.07, 6.45) is 0. The van der Waals surface area contributed by atoms with Gasteiger partial charge in [-0.05, 0) is 23.0 Å². The number of rotatable bonds is 5. The topological polar surface area (TPSA) is 52.3 Å². The molecule has 0 saturated heterocycles. The second kappa shape index (κ2) is 6.01. The lowest BCUT2D eigenvalue weighted by Gasteiger charge is -2.20. The van der Waals surface area contributed by atoms with E-state index in [1.165, 1.54) is 0 Å². The van der Waals surface area contributed by atoms with Crippen LogP contribution in [0.25, 0.3) is 0 Å². The van der Waals surface area contributed by atoms with Crippen LogP contribution in [0, 0.1) is 0 Å². The molecule has 2 N–H and O–H groups in total. The van der Waals surface area contributed by atoms with E-state index in [0.29, 0.717) is 17.2 Å². The Morgan fingerprint density at radius 2 is 1.67 bits per heavy atom. The van der Waals surface area contributed by atoms with Crippen LogP contribution in [0.2, 0.25) is 0 Å². The number of ether oxygens (including phenoxy) is 1. The molecular weight excluding hydrogens is 226 g/mol. The van der Waals surface area contributed by atoms with Crippen molar-refractivity contribution in [3.05, 3.63) is 28.8 Å². The Morgan fingerprint density at radius 1 is 1.17 bits per heavy atom. The van der Waals surface area contributed by atoms with E-state index in [9.17, 15) is 4.79 Å². The van der Waals surface area contributed by atoms with E-state index in [4.69, 9.17) is 10.5 Å². The summed E-state index contributed by atoms with van der Waals surface area (Å²) in [5.41, 5.74) is 8.23. The fourth-order valence-electron chi connectivity index (χ4n) is 2.16. The Morgan fingerprint density at radius 3 is 2.06 bits per heavy atom. The van der Waals surface area contributed by atoms with Crippen molar-refractivity contribution in [2.45, 2.75) is 39.5 Å². The summed E-state index contributed by atoms with van der Waals surface area (Å²) in [5.74, 6) is 1.21. The number of nitrogens with two attached hydrogens (primary N) is 1. The van der Waals surface area contributed by atoms with Crippen LogP contribution in [-0.2, 0) is 0 Å². The summed E-state index contributed by atoms with van der Waals surface area (Å²) < 4.78 is 5.48. The molecule has 0 atom stereocenters. The van der Waals surface area contributed by atoms with E-state index in [0.717, 1.165) is 11.1 Å². The van der Waals surface area contributed by atoms with Gasteiger partial charge in [-0.2, -0.15) is 0 Å². The first-order valence-corrected chi connectivity index (χ1v) is 6.38. The summed E-state index contributed by atoms with van der Waals surface area (Å²) in [7, 11) is 1.61. The number of Topliss-reactive ketones (excluding diaryl/α,β-unsaturated/α-hetero) is 1. The Balaban J connectivity index is 3.56. The zero-order valence-corrected chi connectivity index (χ0v) is 11.9. The monoisotopic (exact) mass is 249 g/mol. The van der Waals surface area contributed by atoms with Crippen molar-refractivity contribution in [1.82, 2.24) is 0 Å². The smallest absolute Gasteiger partial charge is 0.180 e. The van der Waals surface area contributed by atoms with E-state index in [1.54, 1.807) is 7.11 Å². The quantitative estimate of drug-likeness (QED) is 0.816. The fraction of sp³-hybridized carbons (Fsp3) is 0.533. The SMILES string of the molecule is COc1c(C(C)C)ccc(C(C)C)c1C(=O)CN. The van der Waals surface area contributed by atoms with Gasteiger partial charge >= 0.3 is 0 Å². The molecule has 3 nitrogen and oxygen atoms in total. The molecule has 0 aromatic heterocycles. The molecule has 0 unspecified atom stereocenters. The maximum atomic E-state index is 12.1. The molecule has 3 heteroatoms. The van der Waals surface area contributed by atoms with Crippen molar-refractivity contribution >= 4 is 5.78 Å². The molecule has 0 spiro atoms. The number of ketones is 1. The maximum Gasteiger partial charge on any atom is 0.180 e. The van der Waals surface area contributed by atoms with Crippen molar-refractivity contribution in [2.75, 3.05) is 13.7 Å². The first kappa shape index (κ1) is 14.7. The van der Waals surface area contributed by atoms with Gasteiger partial charge in [0.2, 0.25) is 0 Å². The van der Waals surface area contributed by atoms with Crippen LogP contribution in [0.1, 0.15) is 61.0 Å². The highest BCUT2D eigenvalue weighted by atomic mass is 16.5. The van der Waals surface area contributed by atoms with Gasteiger partial charge in [-0.1, -0.05) is 39.8 Å². The average molecular weight is 249 g/mol. The van der Waals surface area contributed by atoms with E-state index in [2.05, 4.69) is 27.7 Å². The van der Waals surface area contributed by atoms with Crippen LogP contribution < -0.4 is 10.5 Å². The molecule has 1 aromatic rings. The Kier molecular flexibility index (Phi) is 4.91. The minimum atomic E-state index is -0.0574. The average Bonchev–Trinajstić information content (AvgIpc) is 2.35. The molecule has 0 aliphatic heterocycles. The van der Waals surface area contributed by atoms with Gasteiger partial charge < -0.3 is 10.5 Å². The fourth-order valence-corrected chi connectivity index (χ4v) is 2.16. The zero-order chi connectivity index (χ0) is 13.9. The maximum absolute atomic E-state index is 12.1. The van der Waals surface area contributed by atoms with Gasteiger partial charge in [0.15, 0.2) is 5.78 Å². The van der Waals surface area contributed by atoms with Gasteiger partial charge in [0, 0.05) is 0 Å². The highest BCUT2D eigenvalue weighted by Gasteiger charge is 2.22. The lowest BCUT2D eigenvalue weighted by molar-refractivity contribution is 0.0997. The highest BCUT2D eigenvalue weighted by Crippen LogP contribution is 2.35. The molecule has 0 fully saturated rings. The third-order valence-corrected chi connectivity index (χ3v) is 3.13. The first-order valence-electron chi connectivity index (χ1n) is 6.38. The van der Waals surface area contributed by atoms with Crippen LogP contribution in [-0.4, -0.2) is 19.4 Å². The summed E-state index contributed by atoms with van der Waals surface area (Å²) in [5, 5.41) is 0. The van der Waals surface area contributed by atoms with Gasteiger partial charge in [0.05, 0.1) is 19.2 Å². The van der Waals surface area contributed by atoms with Crippen LogP contribution in [0.15, 0.2) is 12.1 Å². The zero-order valence-electron chi connectivity index (χ0n) is 11.9. The van der Waals surface area contributed by atoms with Gasteiger partial charge in [-0.15, -0.1) is 0 Å². The molecular formula is C15H23NO2. The number of carbonyl (C=O) groups excluding carboxylic acids is 1.